The normalized spacial score (nSPS) is 27.3. The van der Waals surface area contributed by atoms with Crippen molar-refractivity contribution in [3.05, 3.63) is 30.1 Å². The van der Waals surface area contributed by atoms with Crippen molar-refractivity contribution in [3.8, 4) is 0 Å². The fourth-order valence-corrected chi connectivity index (χ4v) is 3.99. The second-order valence-electron chi connectivity index (χ2n) is 6.38. The standard InChI is InChI=1S/C18H27N3O2/c1-3-20(4-2)16-13-21(15-9-7-11-23-18(15)16)17(22)12-14-8-5-6-10-19-14/h5-6,8,10,15-16,18H,3-4,7,9,11-13H2,1-2H3/t15-,16-,18+/m1/s1. The summed E-state index contributed by atoms with van der Waals surface area (Å²) >= 11 is 0. The third kappa shape index (κ3) is 3.40. The van der Waals surface area contributed by atoms with Gasteiger partial charge in [-0.05, 0) is 38.1 Å². The molecule has 2 saturated heterocycles. The summed E-state index contributed by atoms with van der Waals surface area (Å²) in [5.74, 6) is 0.179. The van der Waals surface area contributed by atoms with Crippen molar-refractivity contribution < 1.29 is 9.53 Å². The maximum atomic E-state index is 12.8. The number of ether oxygens (including phenoxy) is 1. The highest BCUT2D eigenvalue weighted by Gasteiger charge is 2.47. The van der Waals surface area contributed by atoms with E-state index in [0.29, 0.717) is 12.5 Å². The van der Waals surface area contributed by atoms with E-state index in [2.05, 4.69) is 28.6 Å². The van der Waals surface area contributed by atoms with Gasteiger partial charge >= 0.3 is 0 Å². The molecule has 1 amide bonds. The summed E-state index contributed by atoms with van der Waals surface area (Å²) in [5, 5.41) is 0. The average molecular weight is 317 g/mol. The molecule has 1 aromatic heterocycles. The summed E-state index contributed by atoms with van der Waals surface area (Å²) in [7, 11) is 0. The molecule has 5 nitrogen and oxygen atoms in total. The zero-order chi connectivity index (χ0) is 16.2. The first-order valence-corrected chi connectivity index (χ1v) is 8.79. The minimum absolute atomic E-state index is 0.163. The average Bonchev–Trinajstić information content (AvgIpc) is 2.97. The molecule has 0 aromatic carbocycles. The minimum atomic E-state index is 0.163. The van der Waals surface area contributed by atoms with Crippen LogP contribution in [0.5, 0.6) is 0 Å². The molecule has 3 atom stereocenters. The Labute approximate surface area is 138 Å². The van der Waals surface area contributed by atoms with Crippen LogP contribution in [-0.4, -0.2) is 65.1 Å². The molecule has 5 heteroatoms. The second kappa shape index (κ2) is 7.41. The number of hydrogen-bond donors (Lipinski definition) is 0. The van der Waals surface area contributed by atoms with Gasteiger partial charge in [0.2, 0.25) is 5.91 Å². The number of nitrogens with zero attached hydrogens (tertiary/aromatic N) is 3. The van der Waals surface area contributed by atoms with Crippen LogP contribution < -0.4 is 0 Å². The molecule has 3 rings (SSSR count). The van der Waals surface area contributed by atoms with E-state index in [0.717, 1.165) is 44.8 Å². The summed E-state index contributed by atoms with van der Waals surface area (Å²) in [6, 6.07) is 6.29. The molecular weight excluding hydrogens is 290 g/mol. The van der Waals surface area contributed by atoms with E-state index in [4.69, 9.17) is 4.74 Å². The lowest BCUT2D eigenvalue weighted by Crippen LogP contribution is -2.48. The van der Waals surface area contributed by atoms with Crippen molar-refractivity contribution in [2.24, 2.45) is 0 Å². The molecule has 3 heterocycles. The van der Waals surface area contributed by atoms with Gasteiger partial charge in [0, 0.05) is 25.0 Å². The van der Waals surface area contributed by atoms with E-state index in [1.165, 1.54) is 0 Å². The molecular formula is C18H27N3O2. The molecule has 2 aliphatic rings. The number of rotatable bonds is 5. The number of carbonyl (C=O) groups excluding carboxylic acids is 1. The van der Waals surface area contributed by atoms with E-state index in [-0.39, 0.29) is 18.1 Å². The molecule has 0 radical (unpaired) electrons. The Hall–Kier alpha value is -1.46. The van der Waals surface area contributed by atoms with Crippen molar-refractivity contribution in [2.45, 2.75) is 51.3 Å². The maximum absolute atomic E-state index is 12.8. The number of amides is 1. The van der Waals surface area contributed by atoms with E-state index in [9.17, 15) is 4.79 Å². The molecule has 0 aliphatic carbocycles. The van der Waals surface area contributed by atoms with Gasteiger partial charge in [-0.1, -0.05) is 19.9 Å². The van der Waals surface area contributed by atoms with Crippen LogP contribution in [0.3, 0.4) is 0 Å². The Morgan fingerprint density at radius 1 is 1.39 bits per heavy atom. The molecule has 2 aliphatic heterocycles. The molecule has 2 fully saturated rings. The van der Waals surface area contributed by atoms with Crippen LogP contribution >= 0.6 is 0 Å². The van der Waals surface area contributed by atoms with Crippen molar-refractivity contribution in [2.75, 3.05) is 26.2 Å². The van der Waals surface area contributed by atoms with E-state index >= 15 is 0 Å². The fraction of sp³-hybridized carbons (Fsp3) is 0.667. The Bertz CT molecular complexity index is 518. The number of likely N-dealkylation sites (tertiary alicyclic amines) is 1. The molecule has 126 valence electrons. The number of likely N-dealkylation sites (N-methyl/N-ethyl adjacent to an activating group) is 1. The van der Waals surface area contributed by atoms with Crippen LogP contribution in [0.4, 0.5) is 0 Å². The monoisotopic (exact) mass is 317 g/mol. The van der Waals surface area contributed by atoms with Crippen LogP contribution in [0.15, 0.2) is 24.4 Å². The molecule has 0 bridgehead atoms. The van der Waals surface area contributed by atoms with Gasteiger partial charge < -0.3 is 9.64 Å². The first kappa shape index (κ1) is 16.4. The predicted octanol–water partition coefficient (Wildman–Crippen LogP) is 1.72. The van der Waals surface area contributed by atoms with Gasteiger partial charge in [-0.2, -0.15) is 0 Å². The summed E-state index contributed by atoms with van der Waals surface area (Å²) in [6.07, 6.45) is 4.39. The van der Waals surface area contributed by atoms with Crippen LogP contribution in [0, 0.1) is 0 Å². The van der Waals surface area contributed by atoms with Crippen LogP contribution in [0.1, 0.15) is 32.4 Å². The number of hydrogen-bond acceptors (Lipinski definition) is 4. The zero-order valence-corrected chi connectivity index (χ0v) is 14.1. The lowest BCUT2D eigenvalue weighted by molar-refractivity contribution is -0.134. The smallest absolute Gasteiger partial charge is 0.228 e. The molecule has 23 heavy (non-hydrogen) atoms. The van der Waals surface area contributed by atoms with Gasteiger partial charge in [-0.25, -0.2) is 0 Å². The highest BCUT2D eigenvalue weighted by atomic mass is 16.5. The number of fused-ring (bicyclic) bond motifs is 1. The van der Waals surface area contributed by atoms with Gasteiger partial charge in [0.05, 0.1) is 24.6 Å². The Morgan fingerprint density at radius 3 is 2.91 bits per heavy atom. The first-order valence-electron chi connectivity index (χ1n) is 8.79. The van der Waals surface area contributed by atoms with Gasteiger partial charge in [-0.15, -0.1) is 0 Å². The minimum Gasteiger partial charge on any atom is -0.374 e. The summed E-state index contributed by atoms with van der Waals surface area (Å²) in [5.41, 5.74) is 0.845. The molecule has 0 spiro atoms. The predicted molar refractivity (Wildman–Crippen MR) is 89.1 cm³/mol. The van der Waals surface area contributed by atoms with E-state index in [1.54, 1.807) is 6.20 Å². The maximum Gasteiger partial charge on any atom is 0.228 e. The summed E-state index contributed by atoms with van der Waals surface area (Å²) in [4.78, 5) is 21.6. The summed E-state index contributed by atoms with van der Waals surface area (Å²) in [6.45, 7) is 7.95. The Kier molecular flexibility index (Phi) is 5.28. The third-order valence-corrected chi connectivity index (χ3v) is 5.16. The van der Waals surface area contributed by atoms with Crippen molar-refractivity contribution in [1.82, 2.24) is 14.8 Å². The highest BCUT2D eigenvalue weighted by Crippen LogP contribution is 2.32. The Balaban J connectivity index is 1.74. The second-order valence-corrected chi connectivity index (χ2v) is 6.38. The molecule has 1 aromatic rings. The molecule has 0 N–H and O–H groups in total. The van der Waals surface area contributed by atoms with Crippen molar-refractivity contribution in [3.63, 3.8) is 0 Å². The van der Waals surface area contributed by atoms with Gasteiger partial charge in [0.1, 0.15) is 0 Å². The van der Waals surface area contributed by atoms with Gasteiger partial charge in [0.25, 0.3) is 0 Å². The quantitative estimate of drug-likeness (QED) is 0.830. The number of aromatic nitrogens is 1. The Morgan fingerprint density at radius 2 is 2.22 bits per heavy atom. The summed E-state index contributed by atoms with van der Waals surface area (Å²) < 4.78 is 6.08. The topological polar surface area (TPSA) is 45.7 Å². The van der Waals surface area contributed by atoms with E-state index < -0.39 is 0 Å². The largest absolute Gasteiger partial charge is 0.374 e. The van der Waals surface area contributed by atoms with Crippen LogP contribution in [0.25, 0.3) is 0 Å². The number of carbonyl (C=O) groups is 1. The lowest BCUT2D eigenvalue weighted by atomic mass is 10.00. The van der Waals surface area contributed by atoms with Crippen LogP contribution in [-0.2, 0) is 16.0 Å². The van der Waals surface area contributed by atoms with Gasteiger partial charge in [-0.3, -0.25) is 14.7 Å². The van der Waals surface area contributed by atoms with Crippen LogP contribution in [0.2, 0.25) is 0 Å². The van der Waals surface area contributed by atoms with Crippen molar-refractivity contribution in [1.29, 1.82) is 0 Å². The van der Waals surface area contributed by atoms with E-state index in [1.807, 2.05) is 18.2 Å². The molecule has 0 unspecified atom stereocenters. The zero-order valence-electron chi connectivity index (χ0n) is 14.1. The van der Waals surface area contributed by atoms with Crippen molar-refractivity contribution >= 4 is 5.91 Å². The third-order valence-electron chi connectivity index (χ3n) is 5.16. The van der Waals surface area contributed by atoms with Gasteiger partial charge in [0.15, 0.2) is 0 Å². The lowest BCUT2D eigenvalue weighted by Gasteiger charge is -2.35. The molecule has 0 saturated carbocycles. The first-order chi connectivity index (χ1) is 11.2. The highest BCUT2D eigenvalue weighted by molar-refractivity contribution is 5.79. The fourth-order valence-electron chi connectivity index (χ4n) is 3.99. The number of pyridine rings is 1. The SMILES string of the molecule is CCN(CC)[C@@H]1CN(C(=O)Cc2ccccn2)[C@@H]2CCCO[C@H]12.